The zero-order valence-electron chi connectivity index (χ0n) is 18.9. The van der Waals surface area contributed by atoms with Crippen LogP contribution in [0.2, 0.25) is 0 Å². The average molecular weight is 451 g/mol. The number of rotatable bonds is 5. The minimum absolute atomic E-state index is 0.0452. The number of aromatic nitrogens is 2. The van der Waals surface area contributed by atoms with E-state index in [1.807, 2.05) is 35.2 Å². The van der Waals surface area contributed by atoms with E-state index in [0.29, 0.717) is 29.9 Å². The molecule has 9 heteroatoms. The van der Waals surface area contributed by atoms with E-state index < -0.39 is 0 Å². The van der Waals surface area contributed by atoms with E-state index >= 15 is 0 Å². The second-order valence-corrected chi connectivity index (χ2v) is 9.00. The van der Waals surface area contributed by atoms with Gasteiger partial charge in [-0.05, 0) is 38.8 Å². The molecule has 0 bridgehead atoms. The zero-order chi connectivity index (χ0) is 22.6. The van der Waals surface area contributed by atoms with Crippen molar-refractivity contribution < 1.29 is 14.1 Å². The van der Waals surface area contributed by atoms with Crippen molar-refractivity contribution in [3.8, 4) is 11.4 Å². The Bertz CT molecular complexity index is 1010. The molecule has 0 N–H and O–H groups in total. The number of nitrogens with zero attached hydrogens (tertiary/aromatic N) is 6. The zero-order valence-corrected chi connectivity index (χ0v) is 18.9. The number of carbonyl (C=O) groups excluding carboxylic acids is 2. The van der Waals surface area contributed by atoms with E-state index in [-0.39, 0.29) is 24.8 Å². The molecule has 2 aromatic rings. The lowest BCUT2D eigenvalue weighted by molar-refractivity contribution is -0.141. The second kappa shape index (κ2) is 9.82. The molecule has 4 heterocycles. The summed E-state index contributed by atoms with van der Waals surface area (Å²) in [6.07, 6.45) is 6.58. The third kappa shape index (κ3) is 4.98. The summed E-state index contributed by atoms with van der Waals surface area (Å²) >= 11 is 0. The molecule has 1 aromatic heterocycles. The first-order valence-electron chi connectivity index (χ1n) is 12.0. The molecule has 2 amide bonds. The van der Waals surface area contributed by atoms with Crippen LogP contribution in [0.1, 0.15) is 50.8 Å². The van der Waals surface area contributed by atoms with Crippen LogP contribution < -0.4 is 0 Å². The van der Waals surface area contributed by atoms with Gasteiger partial charge in [-0.3, -0.25) is 9.59 Å². The predicted molar refractivity (Wildman–Crippen MR) is 122 cm³/mol. The Hall–Kier alpha value is -3.07. The fourth-order valence-corrected chi connectivity index (χ4v) is 4.92. The Balaban J connectivity index is 1.20. The fourth-order valence-electron chi connectivity index (χ4n) is 4.92. The van der Waals surface area contributed by atoms with E-state index in [1.165, 1.54) is 37.4 Å². The number of amides is 2. The lowest BCUT2D eigenvalue weighted by Gasteiger charge is -2.40. The standard InChI is InChI=1S/C24H30N6O3/c31-21-10-9-20(24-25-23(27-33-24)18-7-3-1-4-8-18)26-30(21)17-22(32)29-15-11-19(12-16-29)28-13-5-2-6-14-28/h1,3-4,7-8,19H,2,5-6,9-17H2. The van der Waals surface area contributed by atoms with Gasteiger partial charge in [-0.15, -0.1) is 0 Å². The third-order valence-corrected chi connectivity index (χ3v) is 6.82. The molecule has 3 aliphatic heterocycles. The Kier molecular flexibility index (Phi) is 6.48. The number of carbonyl (C=O) groups is 2. The highest BCUT2D eigenvalue weighted by Gasteiger charge is 2.31. The molecule has 0 saturated carbocycles. The second-order valence-electron chi connectivity index (χ2n) is 9.00. The summed E-state index contributed by atoms with van der Waals surface area (Å²) in [7, 11) is 0. The van der Waals surface area contributed by atoms with E-state index in [1.54, 1.807) is 0 Å². The Morgan fingerprint density at radius 1 is 1.00 bits per heavy atom. The number of piperidine rings is 2. The number of hydrazone groups is 1. The minimum Gasteiger partial charge on any atom is -0.341 e. The van der Waals surface area contributed by atoms with Crippen LogP contribution >= 0.6 is 0 Å². The quantitative estimate of drug-likeness (QED) is 0.695. The van der Waals surface area contributed by atoms with Crippen molar-refractivity contribution in [2.45, 2.75) is 51.0 Å². The van der Waals surface area contributed by atoms with E-state index in [4.69, 9.17) is 4.52 Å². The number of benzene rings is 1. The topological polar surface area (TPSA) is 95.1 Å². The highest BCUT2D eigenvalue weighted by atomic mass is 16.5. The van der Waals surface area contributed by atoms with Crippen LogP contribution in [0.25, 0.3) is 11.4 Å². The van der Waals surface area contributed by atoms with Crippen molar-refractivity contribution in [3.63, 3.8) is 0 Å². The average Bonchev–Trinajstić information content (AvgIpc) is 3.37. The molecule has 174 valence electrons. The van der Waals surface area contributed by atoms with Crippen LogP contribution in [-0.4, -0.2) is 81.2 Å². The Morgan fingerprint density at radius 2 is 1.76 bits per heavy atom. The van der Waals surface area contributed by atoms with Crippen LogP contribution in [0.5, 0.6) is 0 Å². The molecule has 33 heavy (non-hydrogen) atoms. The first kappa shape index (κ1) is 21.8. The van der Waals surface area contributed by atoms with Crippen LogP contribution in [-0.2, 0) is 9.59 Å². The van der Waals surface area contributed by atoms with Gasteiger partial charge in [-0.2, -0.15) is 10.1 Å². The summed E-state index contributed by atoms with van der Waals surface area (Å²) < 4.78 is 5.40. The smallest absolute Gasteiger partial charge is 0.274 e. The van der Waals surface area contributed by atoms with E-state index in [2.05, 4.69) is 20.1 Å². The van der Waals surface area contributed by atoms with Crippen molar-refractivity contribution in [1.29, 1.82) is 0 Å². The molecule has 0 unspecified atom stereocenters. The third-order valence-electron chi connectivity index (χ3n) is 6.82. The first-order chi connectivity index (χ1) is 16.2. The largest absolute Gasteiger partial charge is 0.341 e. The van der Waals surface area contributed by atoms with Gasteiger partial charge in [0.25, 0.3) is 5.89 Å². The van der Waals surface area contributed by atoms with Gasteiger partial charge in [0.05, 0.1) is 0 Å². The molecule has 0 atom stereocenters. The molecule has 1 aromatic carbocycles. The van der Waals surface area contributed by atoms with Crippen LogP contribution in [0.15, 0.2) is 40.0 Å². The van der Waals surface area contributed by atoms with Gasteiger partial charge in [0.1, 0.15) is 12.3 Å². The van der Waals surface area contributed by atoms with Crippen LogP contribution in [0.4, 0.5) is 0 Å². The molecule has 0 aliphatic carbocycles. The van der Waals surface area contributed by atoms with Crippen molar-refractivity contribution in [3.05, 3.63) is 36.2 Å². The molecule has 2 fully saturated rings. The molecule has 0 spiro atoms. The molecule has 9 nitrogen and oxygen atoms in total. The maximum absolute atomic E-state index is 12.9. The SMILES string of the molecule is O=C(CN1N=C(c2nc(-c3ccccc3)no2)CCC1=O)N1CCC(N2CCCCC2)CC1. The number of hydrogen-bond donors (Lipinski definition) is 0. The molecule has 0 radical (unpaired) electrons. The minimum atomic E-state index is -0.155. The van der Waals surface area contributed by atoms with Gasteiger partial charge in [-0.25, -0.2) is 5.01 Å². The maximum atomic E-state index is 12.9. The lowest BCUT2D eigenvalue weighted by Crippen LogP contribution is -2.50. The van der Waals surface area contributed by atoms with Gasteiger partial charge >= 0.3 is 0 Å². The summed E-state index contributed by atoms with van der Waals surface area (Å²) in [5, 5.41) is 9.72. The van der Waals surface area contributed by atoms with Gasteiger partial charge in [0, 0.05) is 37.5 Å². The van der Waals surface area contributed by atoms with E-state index in [9.17, 15) is 9.59 Å². The van der Waals surface area contributed by atoms with Crippen molar-refractivity contribution in [1.82, 2.24) is 24.9 Å². The summed E-state index contributed by atoms with van der Waals surface area (Å²) in [6.45, 7) is 3.79. The highest BCUT2D eigenvalue weighted by Crippen LogP contribution is 2.22. The van der Waals surface area contributed by atoms with Gasteiger partial charge in [-0.1, -0.05) is 41.9 Å². The summed E-state index contributed by atoms with van der Waals surface area (Å²) in [6, 6.07) is 10.1. The highest BCUT2D eigenvalue weighted by molar-refractivity contribution is 6.01. The van der Waals surface area contributed by atoms with E-state index in [0.717, 1.165) is 31.5 Å². The Morgan fingerprint density at radius 3 is 2.52 bits per heavy atom. The molecule has 3 aliphatic rings. The van der Waals surface area contributed by atoms with Crippen molar-refractivity contribution in [2.24, 2.45) is 5.10 Å². The summed E-state index contributed by atoms with van der Waals surface area (Å²) in [4.78, 5) is 34.3. The van der Waals surface area contributed by atoms with Gasteiger partial charge in [0.15, 0.2) is 0 Å². The first-order valence-corrected chi connectivity index (χ1v) is 12.0. The van der Waals surface area contributed by atoms with Crippen molar-refractivity contribution >= 4 is 17.5 Å². The van der Waals surface area contributed by atoms with Crippen molar-refractivity contribution in [2.75, 3.05) is 32.7 Å². The molecular weight excluding hydrogens is 420 g/mol. The van der Waals surface area contributed by atoms with Gasteiger partial charge < -0.3 is 14.3 Å². The predicted octanol–water partition coefficient (Wildman–Crippen LogP) is 2.54. The fraction of sp³-hybridized carbons (Fsp3) is 0.542. The molecule has 2 saturated heterocycles. The summed E-state index contributed by atoms with van der Waals surface area (Å²) in [5.74, 6) is 0.560. The monoisotopic (exact) mass is 450 g/mol. The number of hydrogen-bond acceptors (Lipinski definition) is 7. The Labute approximate surface area is 193 Å². The normalized spacial score (nSPS) is 20.7. The van der Waals surface area contributed by atoms with Crippen LogP contribution in [0.3, 0.4) is 0 Å². The lowest BCUT2D eigenvalue weighted by atomic mass is 10.00. The number of likely N-dealkylation sites (tertiary alicyclic amines) is 2. The van der Waals surface area contributed by atoms with Crippen LogP contribution in [0, 0.1) is 0 Å². The summed E-state index contributed by atoms with van der Waals surface area (Å²) in [5.41, 5.74) is 1.39. The maximum Gasteiger partial charge on any atom is 0.274 e. The van der Waals surface area contributed by atoms with Gasteiger partial charge in [0.2, 0.25) is 17.6 Å². The molecular formula is C24H30N6O3. The molecule has 5 rings (SSSR count).